The summed E-state index contributed by atoms with van der Waals surface area (Å²) in [7, 11) is -2.32. The molecule has 2 saturated heterocycles. The lowest BCUT2D eigenvalue weighted by Crippen LogP contribution is -2.58. The molecule has 220 valence electrons. The van der Waals surface area contributed by atoms with Gasteiger partial charge in [0.2, 0.25) is 5.91 Å². The number of carbonyl (C=O) groups excluding carboxylic acids is 2. The number of ether oxygens (including phenoxy) is 1. The Morgan fingerprint density at radius 3 is 2.76 bits per heavy atom. The highest BCUT2D eigenvalue weighted by molar-refractivity contribution is 7.89. The van der Waals surface area contributed by atoms with E-state index in [2.05, 4.69) is 9.97 Å². The molecule has 3 aliphatic rings. The maximum Gasteiger partial charge on any atom is 0.283 e. The number of fused-ring (bicyclic) bond motifs is 2. The van der Waals surface area contributed by atoms with Gasteiger partial charge in [0.15, 0.2) is 5.01 Å². The summed E-state index contributed by atoms with van der Waals surface area (Å²) in [5.41, 5.74) is 1.54. The quantitative estimate of drug-likeness (QED) is 0.442. The number of aromatic nitrogens is 2. The molecule has 0 aliphatic carbocycles. The van der Waals surface area contributed by atoms with Crippen LogP contribution in [0, 0.1) is 0 Å². The lowest BCUT2D eigenvalue weighted by molar-refractivity contribution is -0.141. The summed E-state index contributed by atoms with van der Waals surface area (Å²) in [5, 5.41) is 3.40. The number of piperazine rings is 1. The number of morpholine rings is 1. The van der Waals surface area contributed by atoms with Crippen LogP contribution in [-0.4, -0.2) is 115 Å². The fourth-order valence-corrected chi connectivity index (χ4v) is 8.26. The fourth-order valence-electron chi connectivity index (χ4n) is 5.53. The number of carbonyl (C=O) groups is 2. The zero-order valence-corrected chi connectivity index (χ0v) is 24.9. The van der Waals surface area contributed by atoms with Crippen LogP contribution in [0.4, 0.5) is 0 Å². The van der Waals surface area contributed by atoms with Crippen LogP contribution in [0.1, 0.15) is 26.8 Å². The van der Waals surface area contributed by atoms with Crippen molar-refractivity contribution >= 4 is 55.7 Å². The second-order valence-corrected chi connectivity index (χ2v) is 13.7. The molecule has 1 aromatic carbocycles. The molecule has 2 fully saturated rings. The molecule has 3 aromatic rings. The predicted octanol–water partition coefficient (Wildman–Crippen LogP) is 1.96. The number of halogens is 1. The number of nitrogens with one attached hydrogen (secondary N) is 1. The molecule has 5 heterocycles. The molecule has 6 rings (SSSR count). The zero-order valence-electron chi connectivity index (χ0n) is 22.5. The molecule has 15 heteroatoms. The largest absolute Gasteiger partial charge is 0.378 e. The van der Waals surface area contributed by atoms with Gasteiger partial charge in [-0.15, -0.1) is 11.3 Å². The molecule has 0 spiro atoms. The van der Waals surface area contributed by atoms with E-state index >= 15 is 0 Å². The van der Waals surface area contributed by atoms with Crippen LogP contribution in [0.5, 0.6) is 0 Å². The Balaban J connectivity index is 1.26. The third-order valence-electron chi connectivity index (χ3n) is 7.79. The van der Waals surface area contributed by atoms with E-state index in [0.29, 0.717) is 66.7 Å². The Morgan fingerprint density at radius 2 is 1.98 bits per heavy atom. The number of nitrogens with zero attached hydrogens (tertiary/aromatic N) is 5. The van der Waals surface area contributed by atoms with Crippen molar-refractivity contribution in [3.63, 3.8) is 0 Å². The maximum absolute atomic E-state index is 13.8. The third kappa shape index (κ3) is 5.74. The topological polar surface area (TPSA) is 128 Å². The summed E-state index contributed by atoms with van der Waals surface area (Å²) in [6.45, 7) is 3.30. The highest BCUT2D eigenvalue weighted by Gasteiger charge is 2.40. The van der Waals surface area contributed by atoms with E-state index < -0.39 is 16.1 Å². The van der Waals surface area contributed by atoms with E-state index in [0.717, 1.165) is 10.6 Å². The number of H-pyrrole nitrogens is 1. The van der Waals surface area contributed by atoms with Crippen molar-refractivity contribution < 1.29 is 27.6 Å². The predicted molar refractivity (Wildman–Crippen MR) is 152 cm³/mol. The van der Waals surface area contributed by atoms with E-state index in [1.165, 1.54) is 15.6 Å². The van der Waals surface area contributed by atoms with Crippen LogP contribution < -0.4 is 0 Å². The van der Waals surface area contributed by atoms with Crippen molar-refractivity contribution in [3.05, 3.63) is 44.9 Å². The monoisotopic (exact) mass is 622 g/mol. The average molecular weight is 623 g/mol. The zero-order chi connectivity index (χ0) is 28.7. The van der Waals surface area contributed by atoms with Gasteiger partial charge < -0.3 is 24.4 Å². The van der Waals surface area contributed by atoms with E-state index in [-0.39, 0.29) is 42.9 Å². The Bertz CT molecular complexity index is 1570. The van der Waals surface area contributed by atoms with Crippen LogP contribution in [0.3, 0.4) is 0 Å². The minimum absolute atomic E-state index is 0.00259. The van der Waals surface area contributed by atoms with E-state index in [1.807, 2.05) is 5.06 Å². The Hall–Kier alpha value is -2.59. The van der Waals surface area contributed by atoms with Crippen LogP contribution >= 0.6 is 22.9 Å². The molecule has 0 radical (unpaired) electrons. The second kappa shape index (κ2) is 11.6. The maximum atomic E-state index is 13.8. The molecule has 0 bridgehead atoms. The summed E-state index contributed by atoms with van der Waals surface area (Å²) in [4.78, 5) is 44.4. The fraction of sp³-hybridized carbons (Fsp3) is 0.500. The van der Waals surface area contributed by atoms with Crippen molar-refractivity contribution in [2.45, 2.75) is 30.5 Å². The van der Waals surface area contributed by atoms with Crippen LogP contribution in [0.25, 0.3) is 10.9 Å². The van der Waals surface area contributed by atoms with Crippen molar-refractivity contribution in [2.24, 2.45) is 0 Å². The molecule has 1 unspecified atom stereocenters. The number of benzene rings is 1. The van der Waals surface area contributed by atoms with Gasteiger partial charge in [-0.2, -0.15) is 9.37 Å². The number of hydrogen-bond donors (Lipinski definition) is 1. The van der Waals surface area contributed by atoms with Gasteiger partial charge in [-0.05, 0) is 24.3 Å². The number of thiazole rings is 1. The number of sulfonamides is 1. The summed E-state index contributed by atoms with van der Waals surface area (Å²) in [6.07, 6.45) is 0.677. The van der Waals surface area contributed by atoms with E-state index in [4.69, 9.17) is 21.2 Å². The van der Waals surface area contributed by atoms with Gasteiger partial charge in [0.25, 0.3) is 15.9 Å². The first-order valence-electron chi connectivity index (χ1n) is 13.5. The number of rotatable bonds is 6. The number of amides is 2. The van der Waals surface area contributed by atoms with Crippen molar-refractivity contribution in [1.82, 2.24) is 29.1 Å². The third-order valence-corrected chi connectivity index (χ3v) is 10.9. The van der Waals surface area contributed by atoms with Crippen molar-refractivity contribution in [3.8, 4) is 0 Å². The van der Waals surface area contributed by atoms with Gasteiger partial charge in [-0.1, -0.05) is 11.6 Å². The Labute approximate surface area is 246 Å². The minimum atomic E-state index is -3.94. The van der Waals surface area contributed by atoms with E-state index in [1.54, 1.807) is 41.2 Å². The summed E-state index contributed by atoms with van der Waals surface area (Å²) < 4.78 is 34.2. The number of hydrogen-bond acceptors (Lipinski definition) is 9. The van der Waals surface area contributed by atoms with Gasteiger partial charge in [0.1, 0.15) is 5.03 Å². The average Bonchev–Trinajstić information content (AvgIpc) is 3.61. The van der Waals surface area contributed by atoms with Gasteiger partial charge >= 0.3 is 0 Å². The number of hydroxylamine groups is 2. The Morgan fingerprint density at radius 1 is 1.17 bits per heavy atom. The van der Waals surface area contributed by atoms with Crippen LogP contribution in [0.15, 0.2) is 29.3 Å². The SMILES string of the molecule is CON1CCc2nc(C(=O)N3CCN(S(=O)(=O)c4cc5cc(Cl)ccc5[nH]4)CC3CC(=O)N3CCOCC3)sc2C1. The minimum Gasteiger partial charge on any atom is -0.378 e. The molecule has 3 aliphatic heterocycles. The molecule has 1 atom stereocenters. The second-order valence-electron chi connectivity index (χ2n) is 10.3. The van der Waals surface area contributed by atoms with Gasteiger partial charge in [0, 0.05) is 72.9 Å². The highest BCUT2D eigenvalue weighted by Crippen LogP contribution is 2.30. The molecule has 12 nitrogen and oxygen atoms in total. The standard InChI is InChI=1S/C26H31ClN6O6S2/c1-38-31-5-4-21-22(16-31)40-25(29-21)26(35)33-7-6-32(15-19(33)14-24(34)30-8-10-39-11-9-30)41(36,37)23-13-17-12-18(27)2-3-20(17)28-23/h2-3,12-13,19,28H,4-11,14-16H2,1H3. The first-order chi connectivity index (χ1) is 19.7. The highest BCUT2D eigenvalue weighted by atomic mass is 35.5. The summed E-state index contributed by atoms with van der Waals surface area (Å²) >= 11 is 7.43. The molecule has 1 N–H and O–H groups in total. The van der Waals surface area contributed by atoms with E-state index in [9.17, 15) is 18.0 Å². The summed E-state index contributed by atoms with van der Waals surface area (Å²) in [6, 6.07) is 6.03. The van der Waals surface area contributed by atoms with Crippen molar-refractivity contribution in [1.29, 1.82) is 0 Å². The van der Waals surface area contributed by atoms with Gasteiger partial charge in [-0.25, -0.2) is 13.4 Å². The first kappa shape index (κ1) is 28.5. The first-order valence-corrected chi connectivity index (χ1v) is 16.1. The lowest BCUT2D eigenvalue weighted by Gasteiger charge is -2.41. The molecular formula is C26H31ClN6O6S2. The summed E-state index contributed by atoms with van der Waals surface area (Å²) in [5.74, 6) is -0.421. The normalized spacial score (nSPS) is 20.9. The van der Waals surface area contributed by atoms with Gasteiger partial charge in [-0.3, -0.25) is 9.59 Å². The van der Waals surface area contributed by atoms with Gasteiger partial charge in [0.05, 0.1) is 38.6 Å². The van der Waals surface area contributed by atoms with Crippen LogP contribution in [0.2, 0.25) is 5.02 Å². The molecule has 2 amide bonds. The smallest absolute Gasteiger partial charge is 0.283 e. The molecule has 41 heavy (non-hydrogen) atoms. The molecular weight excluding hydrogens is 592 g/mol. The molecule has 0 saturated carbocycles. The number of aromatic amines is 1. The van der Waals surface area contributed by atoms with Crippen LogP contribution in [-0.2, 0) is 37.4 Å². The molecule has 2 aromatic heterocycles. The Kier molecular flexibility index (Phi) is 8.06. The van der Waals surface area contributed by atoms with Crippen molar-refractivity contribution in [2.75, 3.05) is 59.6 Å². The lowest BCUT2D eigenvalue weighted by atomic mass is 10.1.